The number of carbonyl (C=O) groups excluding carboxylic acids is 1. The average Bonchev–Trinajstić information content (AvgIpc) is 3.31. The van der Waals surface area contributed by atoms with Gasteiger partial charge in [-0.1, -0.05) is 36.4 Å². The summed E-state index contributed by atoms with van der Waals surface area (Å²) >= 11 is 1.22. The monoisotopic (exact) mass is 393 g/mol. The number of thiophene rings is 1. The predicted molar refractivity (Wildman–Crippen MR) is 104 cm³/mol. The Balaban J connectivity index is 1.69. The quantitative estimate of drug-likeness (QED) is 0.692. The zero-order valence-electron chi connectivity index (χ0n) is 14.6. The van der Waals surface area contributed by atoms with E-state index < -0.39 is 5.97 Å². The molecule has 3 heterocycles. The van der Waals surface area contributed by atoms with Gasteiger partial charge in [-0.2, -0.15) is 0 Å². The molecular weight excluding hydrogens is 378 g/mol. The largest absolute Gasteiger partial charge is 0.477 e. The molecule has 0 saturated carbocycles. The molecule has 1 unspecified atom stereocenters. The summed E-state index contributed by atoms with van der Waals surface area (Å²) < 4.78 is 10.8. The van der Waals surface area contributed by atoms with Crippen LogP contribution < -0.4 is 14.8 Å². The summed E-state index contributed by atoms with van der Waals surface area (Å²) in [7, 11) is 0. The fourth-order valence-electron chi connectivity index (χ4n) is 3.72. The Morgan fingerprint density at radius 2 is 1.89 bits per heavy atom. The molecule has 0 bridgehead atoms. The lowest BCUT2D eigenvalue weighted by atomic mass is 9.88. The van der Waals surface area contributed by atoms with Crippen LogP contribution in [-0.2, 0) is 4.79 Å². The molecule has 140 valence electrons. The van der Waals surface area contributed by atoms with Crippen LogP contribution >= 0.6 is 11.3 Å². The first-order valence-electron chi connectivity index (χ1n) is 8.76. The van der Waals surface area contributed by atoms with E-state index >= 15 is 0 Å². The lowest BCUT2D eigenvalue weighted by molar-refractivity contribution is -0.116. The van der Waals surface area contributed by atoms with E-state index in [0.717, 1.165) is 16.0 Å². The maximum atomic E-state index is 12.5. The number of nitrogens with one attached hydrogen (secondary N) is 1. The summed E-state index contributed by atoms with van der Waals surface area (Å²) in [5.41, 5.74) is 2.82. The Bertz CT molecular complexity index is 1110. The van der Waals surface area contributed by atoms with E-state index in [0.29, 0.717) is 22.7 Å². The third kappa shape index (κ3) is 2.63. The molecule has 5 rings (SSSR count). The maximum Gasteiger partial charge on any atom is 0.346 e. The van der Waals surface area contributed by atoms with Crippen molar-refractivity contribution in [3.8, 4) is 22.6 Å². The van der Waals surface area contributed by atoms with E-state index in [2.05, 4.69) is 5.32 Å². The number of hydrogen-bond acceptors (Lipinski definition) is 5. The summed E-state index contributed by atoms with van der Waals surface area (Å²) in [4.78, 5) is 25.5. The summed E-state index contributed by atoms with van der Waals surface area (Å²) in [5, 5.41) is 12.7. The van der Waals surface area contributed by atoms with Crippen LogP contribution in [0.15, 0.2) is 48.5 Å². The number of ether oxygens (including phenoxy) is 2. The standard InChI is InChI=1S/C21H15NO5S/c23-16-9-13(12-6-7-14-15(8-12)27-10-26-14)19-18(22-16)17(20(28-19)21(24)25)11-4-2-1-3-5-11/h1-8,13H,9-10H2,(H,22,23)(H,24,25). The topological polar surface area (TPSA) is 84.9 Å². The van der Waals surface area contributed by atoms with Crippen molar-refractivity contribution in [3.05, 3.63) is 63.8 Å². The SMILES string of the molecule is O=C1CC(c2ccc3c(c2)OCO3)c2sc(C(=O)O)c(-c3ccccc3)c2N1. The predicted octanol–water partition coefficient (Wildman–Crippen LogP) is 4.32. The summed E-state index contributed by atoms with van der Waals surface area (Å²) in [5.74, 6) is -0.0622. The van der Waals surface area contributed by atoms with Crippen LogP contribution in [0.3, 0.4) is 0 Å². The zero-order valence-corrected chi connectivity index (χ0v) is 15.4. The third-order valence-electron chi connectivity index (χ3n) is 4.96. The van der Waals surface area contributed by atoms with Gasteiger partial charge in [0.25, 0.3) is 0 Å². The molecule has 28 heavy (non-hydrogen) atoms. The Kier molecular flexibility index (Phi) is 3.84. The summed E-state index contributed by atoms with van der Waals surface area (Å²) in [6.07, 6.45) is 0.250. The van der Waals surface area contributed by atoms with Gasteiger partial charge < -0.3 is 19.9 Å². The summed E-state index contributed by atoms with van der Waals surface area (Å²) in [6.45, 7) is 0.176. The number of carboxylic acids is 1. The molecule has 2 aromatic carbocycles. The van der Waals surface area contributed by atoms with Gasteiger partial charge in [0.05, 0.1) is 5.69 Å². The smallest absolute Gasteiger partial charge is 0.346 e. The minimum Gasteiger partial charge on any atom is -0.477 e. The molecule has 7 heteroatoms. The second kappa shape index (κ2) is 6.38. The number of anilines is 1. The van der Waals surface area contributed by atoms with Crippen LogP contribution in [0.4, 0.5) is 5.69 Å². The van der Waals surface area contributed by atoms with E-state index in [4.69, 9.17) is 9.47 Å². The van der Waals surface area contributed by atoms with Crippen LogP contribution in [0.25, 0.3) is 11.1 Å². The molecule has 0 fully saturated rings. The van der Waals surface area contributed by atoms with Crippen LogP contribution in [-0.4, -0.2) is 23.8 Å². The van der Waals surface area contributed by atoms with Crippen molar-refractivity contribution in [3.63, 3.8) is 0 Å². The molecule has 2 aliphatic rings. The Labute approximate surface area is 164 Å². The highest BCUT2D eigenvalue weighted by Gasteiger charge is 2.35. The number of benzene rings is 2. The second-order valence-electron chi connectivity index (χ2n) is 6.63. The number of amides is 1. The van der Waals surface area contributed by atoms with Gasteiger partial charge in [-0.15, -0.1) is 11.3 Å². The molecule has 6 nitrogen and oxygen atoms in total. The molecule has 0 spiro atoms. The van der Waals surface area contributed by atoms with Crippen molar-refractivity contribution in [2.45, 2.75) is 12.3 Å². The van der Waals surface area contributed by atoms with Gasteiger partial charge in [0, 0.05) is 22.8 Å². The van der Waals surface area contributed by atoms with Gasteiger partial charge in [-0.3, -0.25) is 4.79 Å². The number of hydrogen-bond donors (Lipinski definition) is 2. The molecule has 1 amide bonds. The fourth-order valence-corrected chi connectivity index (χ4v) is 4.96. The van der Waals surface area contributed by atoms with E-state index in [1.54, 1.807) is 0 Å². The number of fused-ring (bicyclic) bond motifs is 2. The van der Waals surface area contributed by atoms with Crippen molar-refractivity contribution >= 4 is 28.9 Å². The number of rotatable bonds is 3. The van der Waals surface area contributed by atoms with Crippen molar-refractivity contribution in [2.75, 3.05) is 12.1 Å². The highest BCUT2D eigenvalue weighted by molar-refractivity contribution is 7.15. The van der Waals surface area contributed by atoms with E-state index in [-0.39, 0.29) is 29.9 Å². The van der Waals surface area contributed by atoms with Crippen LogP contribution in [0.2, 0.25) is 0 Å². The van der Waals surface area contributed by atoms with Crippen molar-refractivity contribution in [2.24, 2.45) is 0 Å². The van der Waals surface area contributed by atoms with Gasteiger partial charge in [0.15, 0.2) is 11.5 Å². The van der Waals surface area contributed by atoms with Crippen molar-refractivity contribution in [1.82, 2.24) is 0 Å². The lowest BCUT2D eigenvalue weighted by Gasteiger charge is -2.24. The van der Waals surface area contributed by atoms with E-state index in [1.165, 1.54) is 11.3 Å². The zero-order chi connectivity index (χ0) is 19.3. The highest BCUT2D eigenvalue weighted by Crippen LogP contribution is 2.50. The first-order valence-corrected chi connectivity index (χ1v) is 9.58. The number of carbonyl (C=O) groups is 2. The van der Waals surface area contributed by atoms with Crippen molar-refractivity contribution in [1.29, 1.82) is 0 Å². The van der Waals surface area contributed by atoms with Gasteiger partial charge in [-0.05, 0) is 23.3 Å². The first kappa shape index (κ1) is 16.8. The van der Waals surface area contributed by atoms with E-state index in [1.807, 2.05) is 48.5 Å². The molecule has 0 radical (unpaired) electrons. The minimum atomic E-state index is -1.00. The molecule has 1 atom stereocenters. The molecule has 3 aromatic rings. The molecule has 1 aromatic heterocycles. The number of carboxylic acid groups (broad SMARTS) is 1. The molecule has 2 N–H and O–H groups in total. The Morgan fingerprint density at radius 3 is 2.68 bits per heavy atom. The highest BCUT2D eigenvalue weighted by atomic mass is 32.1. The van der Waals surface area contributed by atoms with Gasteiger partial charge >= 0.3 is 5.97 Å². The Hall–Kier alpha value is -3.32. The summed E-state index contributed by atoms with van der Waals surface area (Å²) in [6, 6.07) is 14.9. The average molecular weight is 393 g/mol. The van der Waals surface area contributed by atoms with E-state index in [9.17, 15) is 14.7 Å². The maximum absolute atomic E-state index is 12.5. The van der Waals surface area contributed by atoms with Gasteiger partial charge in [-0.25, -0.2) is 4.79 Å². The van der Waals surface area contributed by atoms with Gasteiger partial charge in [0.1, 0.15) is 4.88 Å². The van der Waals surface area contributed by atoms with Crippen LogP contribution in [0.5, 0.6) is 11.5 Å². The third-order valence-corrected chi connectivity index (χ3v) is 6.25. The molecule has 0 aliphatic carbocycles. The lowest BCUT2D eigenvalue weighted by Crippen LogP contribution is -2.22. The van der Waals surface area contributed by atoms with Crippen molar-refractivity contribution < 1.29 is 24.2 Å². The normalized spacial score (nSPS) is 17.1. The molecular formula is C21H15NO5S. The second-order valence-corrected chi connectivity index (χ2v) is 7.69. The van der Waals surface area contributed by atoms with Crippen LogP contribution in [0, 0.1) is 0 Å². The molecule has 2 aliphatic heterocycles. The van der Waals surface area contributed by atoms with Gasteiger partial charge in [0.2, 0.25) is 12.7 Å². The number of aromatic carboxylic acids is 1. The Morgan fingerprint density at radius 1 is 1.11 bits per heavy atom. The minimum absolute atomic E-state index is 0.137. The first-order chi connectivity index (χ1) is 13.6. The van der Waals surface area contributed by atoms with Crippen LogP contribution in [0.1, 0.15) is 32.5 Å². The molecule has 0 saturated heterocycles. The fraction of sp³-hybridized carbons (Fsp3) is 0.143.